The molecule has 0 radical (unpaired) electrons. The molecule has 32 nitrogen and oxygen atoms in total. The van der Waals surface area contributed by atoms with Gasteiger partial charge in [0.25, 0.3) is 0 Å². The molecule has 95 heavy (non-hydrogen) atoms. The molecule has 0 spiro atoms. The Balaban J connectivity index is 2.41. The van der Waals surface area contributed by atoms with Crippen molar-refractivity contribution in [1.29, 1.82) is 0 Å². The zero-order valence-corrected chi connectivity index (χ0v) is 56.4. The van der Waals surface area contributed by atoms with Gasteiger partial charge in [-0.05, 0) is 94.1 Å². The molecule has 32 heteroatoms. The third-order valence-corrected chi connectivity index (χ3v) is 15.4. The maximum Gasteiger partial charge on any atom is 0.331 e. The number of esters is 1. The number of carbonyl (C=O) groups excluding carboxylic acids is 12. The highest BCUT2D eigenvalue weighted by atomic mass is 16.5. The summed E-state index contributed by atoms with van der Waals surface area (Å²) in [6.45, 7) is 19.2. The lowest BCUT2D eigenvalue weighted by Gasteiger charge is -2.34. The van der Waals surface area contributed by atoms with Crippen LogP contribution in [0.15, 0.2) is 36.4 Å². The Hall–Kier alpha value is -8.46. The molecule has 0 aliphatic carbocycles. The number of ether oxygens (including phenoxy) is 1. The van der Waals surface area contributed by atoms with E-state index in [2.05, 4.69) is 57.8 Å². The zero-order chi connectivity index (χ0) is 71.7. The van der Waals surface area contributed by atoms with Gasteiger partial charge < -0.3 is 95.1 Å². The van der Waals surface area contributed by atoms with Crippen molar-refractivity contribution in [2.24, 2.45) is 41.1 Å². The minimum atomic E-state index is -2.57. The van der Waals surface area contributed by atoms with Crippen LogP contribution in [0.2, 0.25) is 0 Å². The summed E-state index contributed by atoms with van der Waals surface area (Å²) in [5.41, 5.74) is 12.9. The number of rotatable bonds is 24. The number of anilines is 1. The third kappa shape index (κ3) is 26.0. The van der Waals surface area contributed by atoms with Crippen molar-refractivity contribution >= 4 is 76.9 Å². The number of aryl methyl sites for hydroxylation is 2. The Bertz CT molecular complexity index is 2930. The van der Waals surface area contributed by atoms with E-state index in [1.54, 1.807) is 61.5 Å². The van der Waals surface area contributed by atoms with Crippen LogP contribution in [0.5, 0.6) is 0 Å². The van der Waals surface area contributed by atoms with Crippen molar-refractivity contribution in [1.82, 2.24) is 63.1 Å². The molecular formula is C63H101N15O17. The van der Waals surface area contributed by atoms with E-state index in [4.69, 9.17) is 16.2 Å². The van der Waals surface area contributed by atoms with Crippen molar-refractivity contribution in [3.05, 3.63) is 53.3 Å². The van der Waals surface area contributed by atoms with Gasteiger partial charge in [0.05, 0.1) is 31.4 Å². The molecule has 1 aliphatic rings. The SMILES string of the molecule is CC[C@H](C)[C@@H]1NC(=O)[C@@H](CCCNc2nc(C)cc(C)n2)NC(=O)[C@H](CC(C)C)NC(=O)[C@H]([C@H](O)C(C)C)NC(=O)[C@@H](NC(=O)[C@H](CC(C)C)NC(=O)[C@H](N)CC(C)C)[C@@H](c2ccccc2)OC(=O)[C@H](CO)NC(=O)[C@H]([C@H](O)C(N)=O)NC(=O)CNC(=O)[C@H]([C@H](C)O)NC1=O. The summed E-state index contributed by atoms with van der Waals surface area (Å²) >= 11 is 0. The Morgan fingerprint density at radius 3 is 1.75 bits per heavy atom. The van der Waals surface area contributed by atoms with Crippen LogP contribution in [0.1, 0.15) is 138 Å². The monoisotopic (exact) mass is 1340 g/mol. The van der Waals surface area contributed by atoms with Crippen molar-refractivity contribution in [3.8, 4) is 0 Å². The van der Waals surface area contributed by atoms with E-state index in [0.717, 1.165) is 6.92 Å². The van der Waals surface area contributed by atoms with E-state index in [1.807, 2.05) is 24.5 Å². The molecule has 1 aromatic heterocycles. The predicted molar refractivity (Wildman–Crippen MR) is 345 cm³/mol. The number of nitrogens with one attached hydrogen (secondary N) is 11. The molecule has 0 saturated carbocycles. The average molecular weight is 1340 g/mol. The number of nitrogens with zero attached hydrogens (tertiary/aromatic N) is 2. The van der Waals surface area contributed by atoms with E-state index >= 15 is 9.59 Å². The second kappa shape index (κ2) is 38.8. The number of aliphatic hydroxyl groups is 4. The van der Waals surface area contributed by atoms with Crippen molar-refractivity contribution in [2.45, 2.75) is 213 Å². The molecule has 2 heterocycles. The number of hydrogen-bond donors (Lipinski definition) is 17. The van der Waals surface area contributed by atoms with Gasteiger partial charge in [-0.3, -0.25) is 52.7 Å². The molecule has 1 fully saturated rings. The first-order chi connectivity index (χ1) is 44.5. The first kappa shape index (κ1) is 80.8. The number of aliphatic hydroxyl groups excluding tert-OH is 4. The summed E-state index contributed by atoms with van der Waals surface area (Å²) in [6, 6.07) is -8.87. The minimum absolute atomic E-state index is 0.0531. The lowest BCUT2D eigenvalue weighted by atomic mass is 9.95. The largest absolute Gasteiger partial charge is 0.453 e. The molecule has 0 unspecified atom stereocenters. The Morgan fingerprint density at radius 1 is 0.653 bits per heavy atom. The molecule has 11 amide bonds. The number of cyclic esters (lactones) is 1. The molecule has 0 bridgehead atoms. The summed E-state index contributed by atoms with van der Waals surface area (Å²) < 4.78 is 5.95. The fourth-order valence-electron chi connectivity index (χ4n) is 10.1. The second-order valence-corrected chi connectivity index (χ2v) is 25.6. The molecule has 3 rings (SSSR count). The van der Waals surface area contributed by atoms with E-state index in [1.165, 1.54) is 44.2 Å². The van der Waals surface area contributed by atoms with E-state index in [9.17, 15) is 68.4 Å². The molecule has 19 N–H and O–H groups in total. The highest BCUT2D eigenvalue weighted by molar-refractivity contribution is 6.00. The highest BCUT2D eigenvalue weighted by Crippen LogP contribution is 2.25. The van der Waals surface area contributed by atoms with Crippen LogP contribution >= 0.6 is 0 Å². The number of carbonyl (C=O) groups is 12. The van der Waals surface area contributed by atoms with Crippen LogP contribution < -0.4 is 70.0 Å². The number of primary amides is 1. The summed E-state index contributed by atoms with van der Waals surface area (Å²) in [7, 11) is 0. The van der Waals surface area contributed by atoms with Crippen molar-refractivity contribution in [3.63, 3.8) is 0 Å². The van der Waals surface area contributed by atoms with E-state index in [0.29, 0.717) is 11.4 Å². The maximum atomic E-state index is 15.4. The average Bonchev–Trinajstić information content (AvgIpc) is 0.827. The Labute approximate surface area is 553 Å². The quantitative estimate of drug-likeness (QED) is 0.0364. The molecule has 530 valence electrons. The lowest BCUT2D eigenvalue weighted by Crippen LogP contribution is -2.64. The Morgan fingerprint density at radius 2 is 1.20 bits per heavy atom. The Kier molecular flexibility index (Phi) is 33.0. The second-order valence-electron chi connectivity index (χ2n) is 25.6. The normalized spacial score (nSPS) is 24.1. The third-order valence-electron chi connectivity index (χ3n) is 15.4. The van der Waals surface area contributed by atoms with E-state index < -0.39 is 181 Å². The fraction of sp³-hybridized carbons (Fsp3) is 0.651. The molecule has 2 aromatic rings. The van der Waals surface area contributed by atoms with Crippen molar-refractivity contribution < 1.29 is 82.7 Å². The summed E-state index contributed by atoms with van der Waals surface area (Å²) in [5.74, 6) is -16.5. The number of hydrogen-bond acceptors (Lipinski definition) is 21. The topological polar surface area (TPSA) is 505 Å². The summed E-state index contributed by atoms with van der Waals surface area (Å²) in [6.07, 6.45) is -7.85. The zero-order valence-electron chi connectivity index (χ0n) is 56.4. The first-order valence-electron chi connectivity index (χ1n) is 32.0. The van der Waals surface area contributed by atoms with Gasteiger partial charge in [0.15, 0.2) is 18.2 Å². The smallest absolute Gasteiger partial charge is 0.331 e. The summed E-state index contributed by atoms with van der Waals surface area (Å²) in [5, 5.41) is 71.7. The molecule has 1 aromatic carbocycles. The molecule has 1 saturated heterocycles. The predicted octanol–water partition coefficient (Wildman–Crippen LogP) is -3.19. The molecule has 1 aliphatic heterocycles. The van der Waals surface area contributed by atoms with Gasteiger partial charge in [0, 0.05) is 17.9 Å². The van der Waals surface area contributed by atoms with Crippen LogP contribution in [0, 0.1) is 43.4 Å². The minimum Gasteiger partial charge on any atom is -0.453 e. The van der Waals surface area contributed by atoms with Gasteiger partial charge in [-0.15, -0.1) is 0 Å². The molecule has 15 atom stereocenters. The molecular weight excluding hydrogens is 1240 g/mol. The van der Waals surface area contributed by atoms with Gasteiger partial charge in [-0.1, -0.05) is 106 Å². The van der Waals surface area contributed by atoms with Crippen LogP contribution in [-0.2, 0) is 62.3 Å². The van der Waals surface area contributed by atoms with Crippen LogP contribution in [-0.4, -0.2) is 200 Å². The van der Waals surface area contributed by atoms with Gasteiger partial charge in [0.2, 0.25) is 70.9 Å². The standard InChI is InChI=1S/C63H101N15O17/c1-14-33(10)44-58(90)76-45(36(13)80)57(89)67-27-43(81)74-47(50(83)52(65)84)60(92)73-42(28-79)62(94)95-51(37-19-16-15-17-20-37)48(78-56(88)41(25-31(6)7)71-53(85)38(64)23-29(2)3)61(93)77-46(49(82)32(8)9)59(91)72-40(24-30(4)5)55(87)70-39(54(86)75-44)21-18-22-66-63-68-34(11)26-35(12)69-63/h15-17,19-20,26,29-33,36,38-42,44-51,79-80,82-83H,14,18,21-25,27-28,64H2,1-13H3,(H2,65,84)(H,67,89)(H,70,87)(H,71,85)(H,72,91)(H,73,92)(H,74,81)(H,75,86)(H,76,90)(H,77,93)(H,78,88)(H,66,68,69)/t33-,36-,38+,39+,40-,41-,42-,44-,45-,46-,47-,48-,49+,50-,51+/m0/s1. The first-order valence-corrected chi connectivity index (χ1v) is 32.0. The summed E-state index contributed by atoms with van der Waals surface area (Å²) in [4.78, 5) is 180. The van der Waals surface area contributed by atoms with E-state index in [-0.39, 0.29) is 74.3 Å². The van der Waals surface area contributed by atoms with Gasteiger partial charge in [0.1, 0.15) is 48.3 Å². The van der Waals surface area contributed by atoms with Crippen LogP contribution in [0.3, 0.4) is 0 Å². The number of aromatic nitrogens is 2. The number of amides is 11. The number of nitrogens with two attached hydrogens (primary N) is 2. The maximum absolute atomic E-state index is 15.4. The van der Waals surface area contributed by atoms with Crippen LogP contribution in [0.25, 0.3) is 0 Å². The van der Waals surface area contributed by atoms with Gasteiger partial charge >= 0.3 is 5.97 Å². The number of benzene rings is 1. The lowest BCUT2D eigenvalue weighted by molar-refractivity contribution is -0.159. The highest BCUT2D eigenvalue weighted by Gasteiger charge is 2.44. The van der Waals surface area contributed by atoms with Crippen LogP contribution in [0.4, 0.5) is 5.95 Å². The van der Waals surface area contributed by atoms with Crippen molar-refractivity contribution in [2.75, 3.05) is 25.0 Å². The fourth-order valence-corrected chi connectivity index (χ4v) is 10.1. The van der Waals surface area contributed by atoms with Gasteiger partial charge in [-0.25, -0.2) is 14.8 Å². The van der Waals surface area contributed by atoms with Gasteiger partial charge in [-0.2, -0.15) is 0 Å².